The van der Waals surface area contributed by atoms with Crippen LogP contribution in [-0.2, 0) is 16.1 Å². The lowest BCUT2D eigenvalue weighted by Gasteiger charge is -2.32. The highest BCUT2D eigenvalue weighted by molar-refractivity contribution is 5.96. The van der Waals surface area contributed by atoms with Gasteiger partial charge < -0.3 is 14.2 Å². The van der Waals surface area contributed by atoms with Crippen LogP contribution in [0.15, 0.2) is 54.6 Å². The molecule has 2 amide bonds. The highest BCUT2D eigenvalue weighted by Crippen LogP contribution is 2.30. The Morgan fingerprint density at radius 3 is 2.47 bits per heavy atom. The van der Waals surface area contributed by atoms with E-state index in [0.717, 1.165) is 23.5 Å². The predicted molar refractivity (Wildman–Crippen MR) is 113 cm³/mol. The Balaban J connectivity index is 1.18. The van der Waals surface area contributed by atoms with Crippen molar-refractivity contribution in [2.24, 2.45) is 5.92 Å². The van der Waals surface area contributed by atoms with Gasteiger partial charge in [0.05, 0.1) is 11.0 Å². The number of amides is 2. The molecule has 7 heteroatoms. The molecule has 2 aromatic carbocycles. The largest absolute Gasteiger partial charge is 0.484 e. The van der Waals surface area contributed by atoms with Crippen LogP contribution in [0.25, 0.3) is 11.0 Å². The van der Waals surface area contributed by atoms with Gasteiger partial charge in [0.2, 0.25) is 11.9 Å². The van der Waals surface area contributed by atoms with E-state index in [4.69, 9.17) is 4.74 Å². The number of aromatic nitrogens is 2. The van der Waals surface area contributed by atoms with E-state index in [1.807, 2.05) is 59.5 Å². The van der Waals surface area contributed by atoms with Gasteiger partial charge >= 0.3 is 0 Å². The molecule has 2 aliphatic heterocycles. The summed E-state index contributed by atoms with van der Waals surface area (Å²) >= 11 is 0. The Bertz CT molecular complexity index is 1070. The van der Waals surface area contributed by atoms with Crippen molar-refractivity contribution in [2.75, 3.05) is 31.1 Å². The zero-order valence-corrected chi connectivity index (χ0v) is 16.7. The van der Waals surface area contributed by atoms with Gasteiger partial charge in [-0.3, -0.25) is 14.5 Å². The van der Waals surface area contributed by atoms with Gasteiger partial charge in [-0.15, -0.1) is 0 Å². The van der Waals surface area contributed by atoms with Crippen LogP contribution < -0.4 is 9.64 Å². The Hall–Kier alpha value is -3.35. The number of rotatable bonds is 4. The van der Waals surface area contributed by atoms with Gasteiger partial charge in [-0.1, -0.05) is 30.3 Å². The van der Waals surface area contributed by atoms with E-state index >= 15 is 0 Å². The fourth-order valence-corrected chi connectivity index (χ4v) is 4.35. The minimum atomic E-state index is -0.0737. The number of para-hydroxylation sites is 3. The van der Waals surface area contributed by atoms with Crippen molar-refractivity contribution >= 4 is 28.8 Å². The van der Waals surface area contributed by atoms with Crippen LogP contribution in [0.2, 0.25) is 0 Å². The Kier molecular flexibility index (Phi) is 4.86. The number of benzene rings is 2. The van der Waals surface area contributed by atoms with Crippen molar-refractivity contribution in [3.63, 3.8) is 0 Å². The SMILES string of the molecule is O=C(COc1ccccc1)N1CCC(C(=O)N2CCn3c2nc2ccccc23)CC1. The summed E-state index contributed by atoms with van der Waals surface area (Å²) in [6.07, 6.45) is 1.35. The molecule has 2 aliphatic rings. The summed E-state index contributed by atoms with van der Waals surface area (Å²) in [6, 6.07) is 17.3. The Morgan fingerprint density at radius 1 is 0.933 bits per heavy atom. The molecule has 0 radical (unpaired) electrons. The van der Waals surface area contributed by atoms with E-state index in [9.17, 15) is 9.59 Å². The second-order valence-electron chi connectivity index (χ2n) is 7.80. The third kappa shape index (κ3) is 3.40. The number of imidazole rings is 1. The first-order valence-electron chi connectivity index (χ1n) is 10.4. The molecular weight excluding hydrogens is 380 g/mol. The van der Waals surface area contributed by atoms with Gasteiger partial charge in [-0.2, -0.15) is 0 Å². The normalized spacial score (nSPS) is 16.7. The van der Waals surface area contributed by atoms with Crippen LogP contribution in [0, 0.1) is 5.92 Å². The quantitative estimate of drug-likeness (QED) is 0.671. The lowest BCUT2D eigenvalue weighted by atomic mass is 9.95. The number of fused-ring (bicyclic) bond motifs is 3. The van der Waals surface area contributed by atoms with Crippen LogP contribution in [-0.4, -0.2) is 52.5 Å². The molecule has 0 atom stereocenters. The van der Waals surface area contributed by atoms with Gasteiger partial charge in [0.25, 0.3) is 5.91 Å². The average molecular weight is 404 g/mol. The highest BCUT2D eigenvalue weighted by Gasteiger charge is 2.35. The number of hydrogen-bond acceptors (Lipinski definition) is 4. The number of carbonyl (C=O) groups excluding carboxylic acids is 2. The molecule has 5 rings (SSSR count). The topological polar surface area (TPSA) is 67.7 Å². The number of ether oxygens (including phenoxy) is 1. The minimum absolute atomic E-state index is 0.0266. The standard InChI is InChI=1S/C23H24N4O3/c28-21(16-30-18-6-2-1-3-7-18)25-12-10-17(11-13-25)22(29)27-15-14-26-20-9-5-4-8-19(20)24-23(26)27/h1-9,17H,10-16H2. The van der Waals surface area contributed by atoms with Crippen molar-refractivity contribution in [3.8, 4) is 5.75 Å². The molecule has 0 aliphatic carbocycles. The first kappa shape index (κ1) is 18.7. The van der Waals surface area contributed by atoms with E-state index in [-0.39, 0.29) is 24.3 Å². The minimum Gasteiger partial charge on any atom is -0.484 e. The molecule has 0 spiro atoms. The first-order chi connectivity index (χ1) is 14.7. The van der Waals surface area contributed by atoms with E-state index in [1.165, 1.54) is 0 Å². The second-order valence-corrected chi connectivity index (χ2v) is 7.80. The molecule has 1 aromatic heterocycles. The molecule has 7 nitrogen and oxygen atoms in total. The summed E-state index contributed by atoms with van der Waals surface area (Å²) in [5.41, 5.74) is 1.99. The molecule has 1 fully saturated rings. The summed E-state index contributed by atoms with van der Waals surface area (Å²) < 4.78 is 7.68. The third-order valence-corrected chi connectivity index (χ3v) is 5.99. The zero-order valence-electron chi connectivity index (χ0n) is 16.7. The fraction of sp³-hybridized carbons (Fsp3) is 0.348. The summed E-state index contributed by atoms with van der Waals surface area (Å²) in [5, 5.41) is 0. The molecule has 3 heterocycles. The first-order valence-corrected chi connectivity index (χ1v) is 10.4. The molecule has 0 unspecified atom stereocenters. The summed E-state index contributed by atoms with van der Waals surface area (Å²) in [7, 11) is 0. The molecular formula is C23H24N4O3. The van der Waals surface area contributed by atoms with Crippen molar-refractivity contribution in [3.05, 3.63) is 54.6 Å². The smallest absolute Gasteiger partial charge is 0.260 e. The summed E-state index contributed by atoms with van der Waals surface area (Å²) in [6.45, 7) is 2.62. The van der Waals surface area contributed by atoms with Crippen LogP contribution in [0.3, 0.4) is 0 Å². The average Bonchev–Trinajstić information content (AvgIpc) is 3.37. The summed E-state index contributed by atoms with van der Waals surface area (Å²) in [5.74, 6) is 1.45. The number of nitrogens with zero attached hydrogens (tertiary/aromatic N) is 4. The van der Waals surface area contributed by atoms with Crippen LogP contribution in [0.4, 0.5) is 5.95 Å². The van der Waals surface area contributed by atoms with Crippen molar-refractivity contribution in [1.82, 2.24) is 14.5 Å². The third-order valence-electron chi connectivity index (χ3n) is 5.99. The van der Waals surface area contributed by atoms with Crippen molar-refractivity contribution < 1.29 is 14.3 Å². The van der Waals surface area contributed by atoms with Gasteiger partial charge in [-0.05, 0) is 37.1 Å². The lowest BCUT2D eigenvalue weighted by molar-refractivity contribution is -0.136. The molecule has 30 heavy (non-hydrogen) atoms. The molecule has 3 aromatic rings. The van der Waals surface area contributed by atoms with Crippen LogP contribution in [0.5, 0.6) is 5.75 Å². The lowest BCUT2D eigenvalue weighted by Crippen LogP contribution is -2.45. The highest BCUT2D eigenvalue weighted by atomic mass is 16.5. The van der Waals surface area contributed by atoms with Crippen LogP contribution in [0.1, 0.15) is 12.8 Å². The maximum absolute atomic E-state index is 13.2. The number of anilines is 1. The Labute approximate surface area is 174 Å². The predicted octanol–water partition coefficient (Wildman–Crippen LogP) is 2.70. The van der Waals surface area contributed by atoms with E-state index < -0.39 is 0 Å². The van der Waals surface area contributed by atoms with Gasteiger partial charge in [0, 0.05) is 32.1 Å². The molecule has 1 saturated heterocycles. The number of hydrogen-bond donors (Lipinski definition) is 0. The zero-order chi connectivity index (χ0) is 20.5. The molecule has 154 valence electrons. The van der Waals surface area contributed by atoms with E-state index in [1.54, 1.807) is 4.90 Å². The number of carbonyl (C=O) groups is 2. The maximum Gasteiger partial charge on any atom is 0.260 e. The molecule has 0 bridgehead atoms. The van der Waals surface area contributed by atoms with Gasteiger partial charge in [0.1, 0.15) is 5.75 Å². The van der Waals surface area contributed by atoms with E-state index in [2.05, 4.69) is 9.55 Å². The molecule has 0 N–H and O–H groups in total. The van der Waals surface area contributed by atoms with Gasteiger partial charge in [-0.25, -0.2) is 4.98 Å². The van der Waals surface area contributed by atoms with Crippen molar-refractivity contribution in [1.29, 1.82) is 0 Å². The monoisotopic (exact) mass is 404 g/mol. The number of piperidine rings is 1. The maximum atomic E-state index is 13.2. The fourth-order valence-electron chi connectivity index (χ4n) is 4.35. The van der Waals surface area contributed by atoms with E-state index in [0.29, 0.717) is 38.2 Å². The number of likely N-dealkylation sites (tertiary alicyclic amines) is 1. The van der Waals surface area contributed by atoms with Crippen LogP contribution >= 0.6 is 0 Å². The van der Waals surface area contributed by atoms with Gasteiger partial charge in [0.15, 0.2) is 6.61 Å². The second kappa shape index (κ2) is 7.82. The summed E-state index contributed by atoms with van der Waals surface area (Å²) in [4.78, 5) is 33.9. The molecule has 0 saturated carbocycles. The Morgan fingerprint density at radius 2 is 1.67 bits per heavy atom. The van der Waals surface area contributed by atoms with Crippen molar-refractivity contribution in [2.45, 2.75) is 19.4 Å².